The van der Waals surface area contributed by atoms with Crippen molar-refractivity contribution in [1.82, 2.24) is 4.57 Å². The van der Waals surface area contributed by atoms with Crippen molar-refractivity contribution in [2.24, 2.45) is 5.41 Å². The molecule has 4 aromatic carbocycles. The fourth-order valence-electron chi connectivity index (χ4n) is 6.68. The molecule has 0 bridgehead atoms. The van der Waals surface area contributed by atoms with Gasteiger partial charge in [-0.1, -0.05) is 106 Å². The van der Waals surface area contributed by atoms with E-state index in [-0.39, 0.29) is 27.5 Å². The van der Waals surface area contributed by atoms with E-state index in [9.17, 15) is 4.39 Å². The Bertz CT molecular complexity index is 1740. The molecule has 1 aromatic heterocycles. The van der Waals surface area contributed by atoms with Crippen LogP contribution in [0, 0.1) is 11.2 Å². The van der Waals surface area contributed by atoms with Crippen molar-refractivity contribution in [3.8, 4) is 16.8 Å². The Balaban J connectivity index is 1.88. The lowest BCUT2D eigenvalue weighted by atomic mass is 9.72. The SMILES string of the molecule is CC(C)(C)CC(C)(C)c1cc(-c2cc(F)cc(Cl)c2)cc(-n2c3ccc(C(C)(C)C)cc3c3cc(C(C)(C)C)ccc32)c1. The lowest BCUT2D eigenvalue weighted by molar-refractivity contribution is 0.284. The van der Waals surface area contributed by atoms with Crippen LogP contribution >= 0.6 is 11.6 Å². The molecule has 1 heterocycles. The zero-order chi connectivity index (χ0) is 31.7. The van der Waals surface area contributed by atoms with Gasteiger partial charge >= 0.3 is 0 Å². The topological polar surface area (TPSA) is 4.93 Å². The van der Waals surface area contributed by atoms with E-state index in [1.54, 1.807) is 6.07 Å². The highest BCUT2D eigenvalue weighted by molar-refractivity contribution is 6.30. The van der Waals surface area contributed by atoms with Gasteiger partial charge in [0.2, 0.25) is 0 Å². The Kier molecular flexibility index (Phi) is 7.66. The molecule has 226 valence electrons. The monoisotopic (exact) mass is 595 g/mol. The number of nitrogens with zero attached hydrogens (tertiary/aromatic N) is 1. The maximum atomic E-state index is 14.6. The smallest absolute Gasteiger partial charge is 0.125 e. The van der Waals surface area contributed by atoms with Crippen molar-refractivity contribution in [2.45, 2.75) is 98.8 Å². The summed E-state index contributed by atoms with van der Waals surface area (Å²) in [6.45, 7) is 25.1. The number of rotatable bonds is 4. The summed E-state index contributed by atoms with van der Waals surface area (Å²) in [5, 5.41) is 2.91. The second-order valence-electron chi connectivity index (χ2n) is 16.3. The van der Waals surface area contributed by atoms with Gasteiger partial charge in [0.1, 0.15) is 5.82 Å². The third kappa shape index (κ3) is 6.41. The average Bonchev–Trinajstić information content (AvgIpc) is 3.18. The molecule has 0 unspecified atom stereocenters. The third-order valence-electron chi connectivity index (χ3n) is 8.62. The van der Waals surface area contributed by atoms with Crippen molar-refractivity contribution >= 4 is 33.4 Å². The van der Waals surface area contributed by atoms with E-state index >= 15 is 0 Å². The van der Waals surface area contributed by atoms with Gasteiger partial charge in [-0.25, -0.2) is 4.39 Å². The third-order valence-corrected chi connectivity index (χ3v) is 8.84. The summed E-state index contributed by atoms with van der Waals surface area (Å²) in [4.78, 5) is 0. The van der Waals surface area contributed by atoms with E-state index in [2.05, 4.69) is 135 Å². The van der Waals surface area contributed by atoms with E-state index < -0.39 is 0 Å². The van der Waals surface area contributed by atoms with Crippen molar-refractivity contribution in [3.63, 3.8) is 0 Å². The van der Waals surface area contributed by atoms with Crippen LogP contribution in [0.2, 0.25) is 5.02 Å². The number of fused-ring (bicyclic) bond motifs is 3. The Morgan fingerprint density at radius 3 is 1.56 bits per heavy atom. The summed E-state index contributed by atoms with van der Waals surface area (Å²) < 4.78 is 17.0. The van der Waals surface area contributed by atoms with Crippen LogP contribution < -0.4 is 0 Å². The molecule has 0 radical (unpaired) electrons. The summed E-state index contributed by atoms with van der Waals surface area (Å²) >= 11 is 6.37. The molecule has 3 heteroatoms. The second-order valence-corrected chi connectivity index (χ2v) is 16.8. The van der Waals surface area contributed by atoms with Crippen molar-refractivity contribution in [2.75, 3.05) is 0 Å². The predicted octanol–water partition coefficient (Wildman–Crippen LogP) is 12.6. The molecule has 0 aliphatic heterocycles. The number of hydrogen-bond acceptors (Lipinski definition) is 0. The predicted molar refractivity (Wildman–Crippen MR) is 186 cm³/mol. The fraction of sp³-hybridized carbons (Fsp3) is 0.400. The van der Waals surface area contributed by atoms with Gasteiger partial charge in [-0.2, -0.15) is 0 Å². The summed E-state index contributed by atoms with van der Waals surface area (Å²) in [7, 11) is 0. The van der Waals surface area contributed by atoms with Gasteiger partial charge in [0.15, 0.2) is 0 Å². The second kappa shape index (κ2) is 10.5. The first-order valence-electron chi connectivity index (χ1n) is 15.4. The molecule has 5 aromatic rings. The van der Waals surface area contributed by atoms with Crippen molar-refractivity contribution in [3.05, 3.63) is 100 Å². The van der Waals surface area contributed by atoms with E-state index in [0.717, 1.165) is 23.2 Å². The average molecular weight is 596 g/mol. The van der Waals surface area contributed by atoms with Crippen LogP contribution in [-0.4, -0.2) is 4.57 Å². The fourth-order valence-corrected chi connectivity index (χ4v) is 6.90. The molecule has 0 N–H and O–H groups in total. The Morgan fingerprint density at radius 2 is 1.09 bits per heavy atom. The number of aromatic nitrogens is 1. The lowest BCUT2D eigenvalue weighted by Crippen LogP contribution is -2.25. The maximum Gasteiger partial charge on any atom is 0.125 e. The minimum Gasteiger partial charge on any atom is -0.309 e. The number of halogens is 2. The van der Waals surface area contributed by atoms with Gasteiger partial charge in [-0.3, -0.25) is 0 Å². The summed E-state index contributed by atoms with van der Waals surface area (Å²) in [6.07, 6.45) is 1.00. The first-order chi connectivity index (χ1) is 19.7. The summed E-state index contributed by atoms with van der Waals surface area (Å²) in [6, 6.07) is 25.4. The highest BCUT2D eigenvalue weighted by Gasteiger charge is 2.29. The maximum absolute atomic E-state index is 14.6. The van der Waals surface area contributed by atoms with Gasteiger partial charge in [-0.15, -0.1) is 0 Å². The highest BCUT2D eigenvalue weighted by atomic mass is 35.5. The molecular formula is C40H47ClFN. The lowest BCUT2D eigenvalue weighted by Gasteiger charge is -2.33. The van der Waals surface area contributed by atoms with Crippen LogP contribution in [0.1, 0.15) is 99.3 Å². The molecule has 0 fully saturated rings. The molecule has 43 heavy (non-hydrogen) atoms. The van der Waals surface area contributed by atoms with Crippen LogP contribution in [0.15, 0.2) is 72.8 Å². The molecule has 0 saturated heterocycles. The molecule has 0 amide bonds. The van der Waals surface area contributed by atoms with Gasteiger partial charge in [0, 0.05) is 21.5 Å². The molecule has 0 atom stereocenters. The van der Waals surface area contributed by atoms with E-state index in [1.807, 2.05) is 6.07 Å². The Labute approximate surface area is 263 Å². The molecular weight excluding hydrogens is 549 g/mol. The summed E-state index contributed by atoms with van der Waals surface area (Å²) in [5.41, 5.74) is 9.10. The first kappa shape index (κ1) is 31.3. The number of benzene rings is 4. The number of hydrogen-bond donors (Lipinski definition) is 0. The minimum atomic E-state index is -0.329. The van der Waals surface area contributed by atoms with Gasteiger partial charge < -0.3 is 4.57 Å². The van der Waals surface area contributed by atoms with Crippen LogP contribution in [-0.2, 0) is 16.2 Å². The van der Waals surface area contributed by atoms with E-state index in [1.165, 1.54) is 44.6 Å². The molecule has 0 aliphatic carbocycles. The zero-order valence-electron chi connectivity index (χ0n) is 27.8. The standard InChI is InChI=1S/C40H47ClFN/c1-37(2,3)24-40(10,11)29-16-25(26-17-30(41)23-31(42)18-26)19-32(20-29)43-35-14-12-27(38(4,5)6)21-33(35)34-22-28(39(7,8)9)13-15-36(34)43/h12-23H,24H2,1-11H3. The highest BCUT2D eigenvalue weighted by Crippen LogP contribution is 2.42. The molecule has 0 aliphatic rings. The zero-order valence-corrected chi connectivity index (χ0v) is 28.6. The van der Waals surface area contributed by atoms with E-state index in [4.69, 9.17) is 11.6 Å². The van der Waals surface area contributed by atoms with Crippen LogP contribution in [0.25, 0.3) is 38.6 Å². The largest absolute Gasteiger partial charge is 0.309 e. The van der Waals surface area contributed by atoms with Gasteiger partial charge in [0.05, 0.1) is 11.0 Å². The molecule has 1 nitrogen and oxygen atoms in total. The molecule has 0 saturated carbocycles. The first-order valence-corrected chi connectivity index (χ1v) is 15.8. The van der Waals surface area contributed by atoms with Gasteiger partial charge in [-0.05, 0) is 110 Å². The Hall–Kier alpha value is -3.10. The summed E-state index contributed by atoms with van der Waals surface area (Å²) in [5.74, 6) is -0.329. The minimum absolute atomic E-state index is 0.0327. The van der Waals surface area contributed by atoms with Crippen LogP contribution in [0.4, 0.5) is 4.39 Å². The van der Waals surface area contributed by atoms with Gasteiger partial charge in [0.25, 0.3) is 0 Å². The van der Waals surface area contributed by atoms with Crippen molar-refractivity contribution < 1.29 is 4.39 Å². The van der Waals surface area contributed by atoms with Crippen LogP contribution in [0.5, 0.6) is 0 Å². The quantitative estimate of drug-likeness (QED) is 0.195. The van der Waals surface area contributed by atoms with E-state index in [0.29, 0.717) is 5.02 Å². The molecule has 5 rings (SSSR count). The normalized spacial score (nSPS) is 13.3. The molecule has 0 spiro atoms. The Morgan fingerprint density at radius 1 is 0.581 bits per heavy atom. The van der Waals surface area contributed by atoms with Crippen LogP contribution in [0.3, 0.4) is 0 Å². The van der Waals surface area contributed by atoms with Crippen molar-refractivity contribution in [1.29, 1.82) is 0 Å².